The van der Waals surface area contributed by atoms with Crippen LogP contribution in [0.1, 0.15) is 52.9 Å². The van der Waals surface area contributed by atoms with Crippen LogP contribution in [-0.4, -0.2) is 36.6 Å². The van der Waals surface area contributed by atoms with Gasteiger partial charge in [0.15, 0.2) is 0 Å². The van der Waals surface area contributed by atoms with Gasteiger partial charge in [0.25, 0.3) is 0 Å². The van der Waals surface area contributed by atoms with Crippen molar-refractivity contribution in [2.24, 2.45) is 11.8 Å². The fourth-order valence-electron chi connectivity index (χ4n) is 2.88. The molecule has 1 atom stereocenters. The van der Waals surface area contributed by atoms with E-state index >= 15 is 0 Å². The summed E-state index contributed by atoms with van der Waals surface area (Å²) in [6.07, 6.45) is 7.35. The summed E-state index contributed by atoms with van der Waals surface area (Å²) >= 11 is 0. The molecule has 2 fully saturated rings. The van der Waals surface area contributed by atoms with E-state index in [1.54, 1.807) is 0 Å². The molecule has 100 valence electrons. The predicted octanol–water partition coefficient (Wildman–Crippen LogP) is 2.89. The largest absolute Gasteiger partial charge is 0.312 e. The second-order valence-electron chi connectivity index (χ2n) is 7.17. The molecule has 0 amide bonds. The lowest BCUT2D eigenvalue weighted by Gasteiger charge is -2.27. The number of hydrogen-bond donors (Lipinski definition) is 1. The summed E-state index contributed by atoms with van der Waals surface area (Å²) in [5, 5.41) is 3.64. The molecule has 2 rings (SSSR count). The zero-order valence-corrected chi connectivity index (χ0v) is 12.0. The van der Waals surface area contributed by atoms with Gasteiger partial charge in [-0.05, 0) is 65.1 Å². The number of rotatable bonds is 5. The van der Waals surface area contributed by atoms with Crippen LogP contribution in [0.15, 0.2) is 0 Å². The van der Waals surface area contributed by atoms with Gasteiger partial charge in [-0.15, -0.1) is 0 Å². The van der Waals surface area contributed by atoms with Crippen LogP contribution in [-0.2, 0) is 0 Å². The second-order valence-corrected chi connectivity index (χ2v) is 7.17. The molecular formula is C15H30N2. The summed E-state index contributed by atoms with van der Waals surface area (Å²) in [6, 6.07) is 0. The summed E-state index contributed by atoms with van der Waals surface area (Å²) in [7, 11) is 0. The third-order valence-corrected chi connectivity index (χ3v) is 4.37. The molecule has 2 aliphatic rings. The van der Waals surface area contributed by atoms with Gasteiger partial charge in [-0.1, -0.05) is 19.3 Å². The highest BCUT2D eigenvalue weighted by atomic mass is 15.1. The van der Waals surface area contributed by atoms with Crippen LogP contribution >= 0.6 is 0 Å². The Labute approximate surface area is 107 Å². The Morgan fingerprint density at radius 2 is 1.88 bits per heavy atom. The van der Waals surface area contributed by atoms with E-state index in [9.17, 15) is 0 Å². The van der Waals surface area contributed by atoms with Gasteiger partial charge in [-0.3, -0.25) is 0 Å². The maximum absolute atomic E-state index is 3.64. The standard InChI is InChI=1S/C15H30N2/c1-15(2,3)16-11-14-8-10-17(12-14)9-7-13-5-4-6-13/h13-14,16H,4-12H2,1-3H3. The first-order chi connectivity index (χ1) is 8.03. The van der Waals surface area contributed by atoms with Crippen LogP contribution in [0.25, 0.3) is 0 Å². The molecule has 0 aromatic heterocycles. The minimum atomic E-state index is 0.277. The van der Waals surface area contributed by atoms with Crippen LogP contribution in [0.3, 0.4) is 0 Å². The lowest BCUT2D eigenvalue weighted by Crippen LogP contribution is -2.39. The molecule has 2 nitrogen and oxygen atoms in total. The van der Waals surface area contributed by atoms with E-state index in [4.69, 9.17) is 0 Å². The molecule has 1 aliphatic heterocycles. The Morgan fingerprint density at radius 3 is 2.47 bits per heavy atom. The quantitative estimate of drug-likeness (QED) is 0.792. The molecule has 1 aliphatic carbocycles. The number of nitrogens with one attached hydrogen (secondary N) is 1. The summed E-state index contributed by atoms with van der Waals surface area (Å²) in [5.74, 6) is 1.96. The molecule has 1 unspecified atom stereocenters. The SMILES string of the molecule is CC(C)(C)NCC1CCN(CCC2CCC2)C1. The van der Waals surface area contributed by atoms with Gasteiger partial charge in [0.1, 0.15) is 0 Å². The molecule has 0 spiro atoms. The van der Waals surface area contributed by atoms with Crippen molar-refractivity contribution in [3.63, 3.8) is 0 Å². The van der Waals surface area contributed by atoms with Crippen molar-refractivity contribution in [1.29, 1.82) is 0 Å². The van der Waals surface area contributed by atoms with E-state index in [1.165, 1.54) is 58.3 Å². The van der Waals surface area contributed by atoms with E-state index in [1.807, 2.05) is 0 Å². The molecule has 0 bridgehead atoms. The monoisotopic (exact) mass is 238 g/mol. The lowest BCUT2D eigenvalue weighted by atomic mass is 9.83. The molecule has 1 saturated carbocycles. The number of likely N-dealkylation sites (tertiary alicyclic amines) is 1. The van der Waals surface area contributed by atoms with E-state index in [2.05, 4.69) is 31.0 Å². The van der Waals surface area contributed by atoms with E-state index in [0.29, 0.717) is 0 Å². The van der Waals surface area contributed by atoms with Crippen molar-refractivity contribution < 1.29 is 0 Å². The minimum Gasteiger partial charge on any atom is -0.312 e. The maximum atomic E-state index is 3.64. The van der Waals surface area contributed by atoms with Crippen LogP contribution in [0.5, 0.6) is 0 Å². The van der Waals surface area contributed by atoms with Gasteiger partial charge in [0, 0.05) is 12.1 Å². The Bertz CT molecular complexity index is 228. The average Bonchev–Trinajstić information content (AvgIpc) is 2.59. The van der Waals surface area contributed by atoms with Crippen molar-refractivity contribution in [3.05, 3.63) is 0 Å². The van der Waals surface area contributed by atoms with Gasteiger partial charge < -0.3 is 10.2 Å². The Morgan fingerprint density at radius 1 is 1.12 bits per heavy atom. The highest BCUT2D eigenvalue weighted by Crippen LogP contribution is 2.30. The maximum Gasteiger partial charge on any atom is 0.00966 e. The summed E-state index contributed by atoms with van der Waals surface area (Å²) in [5.41, 5.74) is 0.277. The van der Waals surface area contributed by atoms with E-state index in [-0.39, 0.29) is 5.54 Å². The highest BCUT2D eigenvalue weighted by molar-refractivity contribution is 4.81. The van der Waals surface area contributed by atoms with E-state index in [0.717, 1.165) is 11.8 Å². The molecule has 0 aromatic rings. The average molecular weight is 238 g/mol. The molecule has 17 heavy (non-hydrogen) atoms. The highest BCUT2D eigenvalue weighted by Gasteiger charge is 2.25. The smallest absolute Gasteiger partial charge is 0.00966 e. The fraction of sp³-hybridized carbons (Fsp3) is 1.00. The first-order valence-corrected chi connectivity index (χ1v) is 7.50. The predicted molar refractivity (Wildman–Crippen MR) is 74.3 cm³/mol. The van der Waals surface area contributed by atoms with Crippen LogP contribution in [0.2, 0.25) is 0 Å². The van der Waals surface area contributed by atoms with Crippen molar-refractivity contribution in [2.45, 2.75) is 58.4 Å². The van der Waals surface area contributed by atoms with Crippen LogP contribution < -0.4 is 5.32 Å². The van der Waals surface area contributed by atoms with Crippen molar-refractivity contribution in [3.8, 4) is 0 Å². The van der Waals surface area contributed by atoms with Crippen molar-refractivity contribution >= 4 is 0 Å². The Kier molecular flexibility index (Phi) is 4.48. The van der Waals surface area contributed by atoms with Crippen molar-refractivity contribution in [1.82, 2.24) is 10.2 Å². The zero-order valence-electron chi connectivity index (χ0n) is 12.0. The van der Waals surface area contributed by atoms with Gasteiger partial charge in [-0.2, -0.15) is 0 Å². The van der Waals surface area contributed by atoms with Gasteiger partial charge in [-0.25, -0.2) is 0 Å². The summed E-state index contributed by atoms with van der Waals surface area (Å²) in [4.78, 5) is 2.69. The second kappa shape index (κ2) is 5.71. The molecule has 2 heteroatoms. The van der Waals surface area contributed by atoms with E-state index < -0.39 is 0 Å². The van der Waals surface area contributed by atoms with Crippen LogP contribution in [0.4, 0.5) is 0 Å². The minimum absolute atomic E-state index is 0.277. The van der Waals surface area contributed by atoms with Gasteiger partial charge >= 0.3 is 0 Å². The fourth-order valence-corrected chi connectivity index (χ4v) is 2.88. The number of nitrogens with zero attached hydrogens (tertiary/aromatic N) is 1. The normalized spacial score (nSPS) is 27.4. The molecule has 0 aromatic carbocycles. The van der Waals surface area contributed by atoms with Gasteiger partial charge in [0.05, 0.1) is 0 Å². The third kappa shape index (κ3) is 4.59. The first-order valence-electron chi connectivity index (χ1n) is 7.50. The lowest BCUT2D eigenvalue weighted by molar-refractivity contribution is 0.233. The Balaban J connectivity index is 1.58. The molecule has 1 N–H and O–H groups in total. The molecular weight excluding hydrogens is 208 g/mol. The number of hydrogen-bond acceptors (Lipinski definition) is 2. The summed E-state index contributed by atoms with van der Waals surface area (Å²) < 4.78 is 0. The van der Waals surface area contributed by atoms with Crippen molar-refractivity contribution in [2.75, 3.05) is 26.2 Å². The zero-order chi connectivity index (χ0) is 12.3. The molecule has 1 heterocycles. The van der Waals surface area contributed by atoms with Crippen LogP contribution in [0, 0.1) is 11.8 Å². The molecule has 0 radical (unpaired) electrons. The third-order valence-electron chi connectivity index (χ3n) is 4.37. The molecule has 1 saturated heterocycles. The first kappa shape index (κ1) is 13.4. The van der Waals surface area contributed by atoms with Gasteiger partial charge in [0.2, 0.25) is 0 Å². The topological polar surface area (TPSA) is 15.3 Å². The Hall–Kier alpha value is -0.0800. The summed E-state index contributed by atoms with van der Waals surface area (Å²) in [6.45, 7) is 12.0.